The molecule has 13 heavy (non-hydrogen) atoms. The van der Waals surface area contributed by atoms with Gasteiger partial charge in [0, 0.05) is 5.41 Å². The van der Waals surface area contributed by atoms with E-state index in [1.54, 1.807) is 0 Å². The number of rotatable bonds is 2. The molecule has 1 saturated heterocycles. The van der Waals surface area contributed by atoms with E-state index in [1.807, 2.05) is 20.8 Å². The van der Waals surface area contributed by atoms with Crippen molar-refractivity contribution in [3.8, 4) is 0 Å². The number of Topliss-reactive ketones (excluding diaryl/α,β-unsaturated/α-hetero) is 1. The van der Waals surface area contributed by atoms with E-state index in [0.717, 1.165) is 0 Å². The molecule has 1 aliphatic heterocycles. The van der Waals surface area contributed by atoms with E-state index >= 15 is 0 Å². The van der Waals surface area contributed by atoms with Gasteiger partial charge in [-0.15, -0.1) is 0 Å². The van der Waals surface area contributed by atoms with Crippen LogP contribution in [0.4, 0.5) is 0 Å². The fourth-order valence-corrected chi connectivity index (χ4v) is 4.51. The minimum absolute atomic E-state index is 0.144. The van der Waals surface area contributed by atoms with E-state index in [0.29, 0.717) is 21.9 Å². The van der Waals surface area contributed by atoms with Crippen LogP contribution >= 0.6 is 0 Å². The molecule has 0 aromatic carbocycles. The smallest absolute Gasteiger partial charge is 0.189 e. The molecule has 2 heteroatoms. The van der Waals surface area contributed by atoms with E-state index in [1.165, 1.54) is 24.3 Å². The molecule has 1 fully saturated rings. The summed E-state index contributed by atoms with van der Waals surface area (Å²) in [5.41, 5.74) is -0.144. The Kier molecular flexibility index (Phi) is 3.44. The predicted octanol–water partition coefficient (Wildman–Crippen LogP) is 2.40. The molecular formula is C11H21OS+. The zero-order valence-electron chi connectivity index (χ0n) is 9.22. The highest BCUT2D eigenvalue weighted by Crippen LogP contribution is 2.25. The van der Waals surface area contributed by atoms with Crippen molar-refractivity contribution >= 4 is 16.7 Å². The Morgan fingerprint density at radius 2 is 1.69 bits per heavy atom. The average Bonchev–Trinajstić information content (AvgIpc) is 2.51. The summed E-state index contributed by atoms with van der Waals surface area (Å²) in [7, 11) is 0.402. The van der Waals surface area contributed by atoms with E-state index in [9.17, 15) is 4.79 Å². The highest BCUT2D eigenvalue weighted by molar-refractivity contribution is 7.98. The minimum Gasteiger partial charge on any atom is -0.293 e. The van der Waals surface area contributed by atoms with E-state index in [4.69, 9.17) is 0 Å². The molecule has 0 N–H and O–H groups in total. The number of carbonyl (C=O) groups excluding carboxylic acids is 1. The van der Waals surface area contributed by atoms with Crippen LogP contribution in [0.2, 0.25) is 0 Å². The van der Waals surface area contributed by atoms with Crippen molar-refractivity contribution in [2.24, 2.45) is 5.41 Å². The third kappa shape index (κ3) is 2.73. The largest absolute Gasteiger partial charge is 0.293 e. The number of hydrogen-bond acceptors (Lipinski definition) is 1. The van der Waals surface area contributed by atoms with Gasteiger partial charge < -0.3 is 0 Å². The first-order chi connectivity index (χ1) is 5.93. The second-order valence-electron chi connectivity index (χ2n) is 4.91. The Morgan fingerprint density at radius 3 is 2.08 bits per heavy atom. The lowest BCUT2D eigenvalue weighted by molar-refractivity contribution is -0.125. The van der Waals surface area contributed by atoms with E-state index in [-0.39, 0.29) is 5.41 Å². The average molecular weight is 201 g/mol. The number of carbonyl (C=O) groups is 1. The third-order valence-corrected chi connectivity index (χ3v) is 5.51. The van der Waals surface area contributed by atoms with Crippen LogP contribution in [0, 0.1) is 5.41 Å². The Morgan fingerprint density at radius 1 is 1.23 bits per heavy atom. The molecule has 0 aromatic heterocycles. The molecule has 0 radical (unpaired) electrons. The van der Waals surface area contributed by atoms with Crippen molar-refractivity contribution in [3.63, 3.8) is 0 Å². The van der Waals surface area contributed by atoms with Gasteiger partial charge in [0.15, 0.2) is 11.0 Å². The van der Waals surface area contributed by atoms with Gasteiger partial charge in [-0.3, -0.25) is 4.79 Å². The van der Waals surface area contributed by atoms with Crippen LogP contribution in [0.1, 0.15) is 40.5 Å². The molecule has 0 amide bonds. The molecule has 0 saturated carbocycles. The van der Waals surface area contributed by atoms with Crippen molar-refractivity contribution in [2.75, 3.05) is 11.5 Å². The Balaban J connectivity index is 2.56. The molecule has 1 nitrogen and oxygen atoms in total. The van der Waals surface area contributed by atoms with Gasteiger partial charge in [-0.25, -0.2) is 0 Å². The first kappa shape index (κ1) is 11.1. The SMILES string of the molecule is CC(C(=O)C(C)(C)C)[S+]1CCCC1. The van der Waals surface area contributed by atoms with Gasteiger partial charge in [0.1, 0.15) is 11.5 Å². The van der Waals surface area contributed by atoms with Crippen molar-refractivity contribution in [3.05, 3.63) is 0 Å². The molecule has 0 aliphatic carbocycles. The summed E-state index contributed by atoms with van der Waals surface area (Å²) in [6.07, 6.45) is 2.68. The highest BCUT2D eigenvalue weighted by Gasteiger charge is 2.39. The molecule has 76 valence electrons. The second-order valence-corrected chi connectivity index (χ2v) is 7.51. The third-order valence-electron chi connectivity index (χ3n) is 2.67. The van der Waals surface area contributed by atoms with Crippen molar-refractivity contribution in [2.45, 2.75) is 45.8 Å². The molecular weight excluding hydrogens is 180 g/mol. The van der Waals surface area contributed by atoms with Gasteiger partial charge in [0.25, 0.3) is 0 Å². The normalized spacial score (nSPS) is 21.8. The fraction of sp³-hybridized carbons (Fsp3) is 0.909. The van der Waals surface area contributed by atoms with E-state index in [2.05, 4.69) is 6.92 Å². The quantitative estimate of drug-likeness (QED) is 0.627. The first-order valence-corrected chi connectivity index (χ1v) is 6.76. The van der Waals surface area contributed by atoms with Crippen LogP contribution in [0.25, 0.3) is 0 Å². The standard InChI is InChI=1S/C11H21OS/c1-9(10(12)11(2,3)4)13-7-5-6-8-13/h9H,5-8H2,1-4H3/q+1. The number of ketones is 1. The maximum absolute atomic E-state index is 12.0. The lowest BCUT2D eigenvalue weighted by Gasteiger charge is -2.20. The molecule has 0 aromatic rings. The predicted molar refractivity (Wildman–Crippen MR) is 60.3 cm³/mol. The van der Waals surface area contributed by atoms with Crippen LogP contribution in [-0.2, 0) is 15.7 Å². The molecule has 1 heterocycles. The van der Waals surface area contributed by atoms with Gasteiger partial charge in [-0.05, 0) is 30.7 Å². The van der Waals surface area contributed by atoms with Crippen LogP contribution in [0.5, 0.6) is 0 Å². The van der Waals surface area contributed by atoms with E-state index < -0.39 is 0 Å². The molecule has 1 unspecified atom stereocenters. The highest BCUT2D eigenvalue weighted by atomic mass is 32.2. The maximum Gasteiger partial charge on any atom is 0.189 e. The lowest BCUT2D eigenvalue weighted by atomic mass is 9.89. The summed E-state index contributed by atoms with van der Waals surface area (Å²) in [5.74, 6) is 3.05. The van der Waals surface area contributed by atoms with Gasteiger partial charge in [-0.2, -0.15) is 0 Å². The van der Waals surface area contributed by atoms with Gasteiger partial charge in [-0.1, -0.05) is 20.8 Å². The molecule has 1 atom stereocenters. The molecule has 1 aliphatic rings. The first-order valence-electron chi connectivity index (χ1n) is 5.13. The number of hydrogen-bond donors (Lipinski definition) is 0. The summed E-state index contributed by atoms with van der Waals surface area (Å²) in [6, 6.07) is 0. The summed E-state index contributed by atoms with van der Waals surface area (Å²) in [4.78, 5) is 12.0. The molecule has 1 rings (SSSR count). The van der Waals surface area contributed by atoms with Crippen molar-refractivity contribution < 1.29 is 4.79 Å². The zero-order valence-corrected chi connectivity index (χ0v) is 10.0. The van der Waals surface area contributed by atoms with Crippen molar-refractivity contribution in [1.82, 2.24) is 0 Å². The Hall–Kier alpha value is 0.0200. The topological polar surface area (TPSA) is 17.1 Å². The molecule has 0 spiro atoms. The summed E-state index contributed by atoms with van der Waals surface area (Å²) in [5, 5.41) is 0.308. The maximum atomic E-state index is 12.0. The monoisotopic (exact) mass is 201 g/mol. The molecule has 0 bridgehead atoms. The van der Waals surface area contributed by atoms with Gasteiger partial charge in [0.05, 0.1) is 0 Å². The summed E-state index contributed by atoms with van der Waals surface area (Å²) in [6.45, 7) is 8.23. The van der Waals surface area contributed by atoms with Crippen LogP contribution in [0.15, 0.2) is 0 Å². The van der Waals surface area contributed by atoms with Crippen LogP contribution < -0.4 is 0 Å². The van der Waals surface area contributed by atoms with Gasteiger partial charge in [0.2, 0.25) is 0 Å². The zero-order chi connectivity index (χ0) is 10.1. The second kappa shape index (κ2) is 4.04. The lowest BCUT2D eigenvalue weighted by Crippen LogP contribution is -2.36. The van der Waals surface area contributed by atoms with Crippen LogP contribution in [0.3, 0.4) is 0 Å². The van der Waals surface area contributed by atoms with Gasteiger partial charge >= 0.3 is 0 Å². The van der Waals surface area contributed by atoms with Crippen LogP contribution in [-0.4, -0.2) is 22.5 Å². The Labute approximate surface area is 84.6 Å². The minimum atomic E-state index is -0.144. The van der Waals surface area contributed by atoms with Crippen molar-refractivity contribution in [1.29, 1.82) is 0 Å². The Bertz CT molecular complexity index is 187. The fourth-order valence-electron chi connectivity index (χ4n) is 1.79. The summed E-state index contributed by atoms with van der Waals surface area (Å²) < 4.78 is 0. The summed E-state index contributed by atoms with van der Waals surface area (Å²) >= 11 is 0.